The summed E-state index contributed by atoms with van der Waals surface area (Å²) >= 11 is 5.85. The van der Waals surface area contributed by atoms with Crippen molar-refractivity contribution >= 4 is 34.6 Å². The number of fused-ring (bicyclic) bond motifs is 1. The standard InChI is InChI=1S/C20H20ClN3O/c1-3-24-14(2)18(17-6-4-5-7-19(17)24)13-22-23-20(25)12-15-8-10-16(21)11-9-15/h4-11,13H,3,12H2,1-2H3,(H,23,25)/b22-13-. The lowest BCUT2D eigenvalue weighted by molar-refractivity contribution is -0.120. The molecule has 0 fully saturated rings. The molecule has 3 aromatic rings. The molecule has 25 heavy (non-hydrogen) atoms. The van der Waals surface area contributed by atoms with Crippen LogP contribution in [0, 0.1) is 6.92 Å². The topological polar surface area (TPSA) is 46.4 Å². The van der Waals surface area contributed by atoms with Crippen LogP contribution in [0.15, 0.2) is 53.6 Å². The molecule has 0 atom stereocenters. The monoisotopic (exact) mass is 353 g/mol. The molecule has 5 heteroatoms. The number of halogens is 1. The van der Waals surface area contributed by atoms with Crippen LogP contribution in [0.25, 0.3) is 10.9 Å². The van der Waals surface area contributed by atoms with E-state index in [0.717, 1.165) is 28.8 Å². The molecule has 0 aliphatic carbocycles. The molecule has 2 aromatic carbocycles. The fourth-order valence-electron chi connectivity index (χ4n) is 3.02. The molecular formula is C20H20ClN3O. The van der Waals surface area contributed by atoms with E-state index in [1.807, 2.05) is 24.3 Å². The number of benzene rings is 2. The van der Waals surface area contributed by atoms with Crippen molar-refractivity contribution < 1.29 is 4.79 Å². The number of hydrazone groups is 1. The molecule has 1 N–H and O–H groups in total. The highest BCUT2D eigenvalue weighted by molar-refractivity contribution is 6.30. The number of rotatable bonds is 5. The number of nitrogens with zero attached hydrogens (tertiary/aromatic N) is 2. The Labute approximate surface area is 152 Å². The van der Waals surface area contributed by atoms with E-state index in [2.05, 4.69) is 41.1 Å². The Morgan fingerprint density at radius 3 is 2.64 bits per heavy atom. The van der Waals surface area contributed by atoms with Crippen LogP contribution in [0.1, 0.15) is 23.7 Å². The second-order valence-electron chi connectivity index (χ2n) is 5.86. The number of hydrogen-bond acceptors (Lipinski definition) is 2. The third-order valence-electron chi connectivity index (χ3n) is 4.26. The highest BCUT2D eigenvalue weighted by Crippen LogP contribution is 2.24. The number of carbonyl (C=O) groups excluding carboxylic acids is 1. The first kappa shape index (κ1) is 17.2. The quantitative estimate of drug-likeness (QED) is 0.539. The van der Waals surface area contributed by atoms with Crippen molar-refractivity contribution in [2.45, 2.75) is 26.8 Å². The average molecular weight is 354 g/mol. The van der Waals surface area contributed by atoms with Gasteiger partial charge in [-0.05, 0) is 37.6 Å². The lowest BCUT2D eigenvalue weighted by Crippen LogP contribution is -2.19. The van der Waals surface area contributed by atoms with Gasteiger partial charge in [0.1, 0.15) is 0 Å². The first-order valence-electron chi connectivity index (χ1n) is 8.24. The largest absolute Gasteiger partial charge is 0.344 e. The predicted octanol–water partition coefficient (Wildman–Crippen LogP) is 4.32. The number of para-hydroxylation sites is 1. The van der Waals surface area contributed by atoms with Gasteiger partial charge in [-0.25, -0.2) is 5.43 Å². The van der Waals surface area contributed by atoms with Gasteiger partial charge in [-0.1, -0.05) is 41.9 Å². The van der Waals surface area contributed by atoms with Crippen LogP contribution >= 0.6 is 11.6 Å². The lowest BCUT2D eigenvalue weighted by atomic mass is 10.1. The molecule has 0 unspecified atom stereocenters. The van der Waals surface area contributed by atoms with E-state index >= 15 is 0 Å². The van der Waals surface area contributed by atoms with Crippen molar-refractivity contribution in [2.75, 3.05) is 0 Å². The Kier molecular flexibility index (Phi) is 5.19. The van der Waals surface area contributed by atoms with E-state index in [1.54, 1.807) is 18.3 Å². The SMILES string of the molecule is CCn1c(C)c(/C=N\NC(=O)Cc2ccc(Cl)cc2)c2ccccc21. The maximum absolute atomic E-state index is 12.0. The molecule has 0 spiro atoms. The molecule has 0 saturated carbocycles. The summed E-state index contributed by atoms with van der Waals surface area (Å²) in [5.74, 6) is -0.157. The number of amides is 1. The Bertz CT molecular complexity index is 926. The Hall–Kier alpha value is -2.59. The Morgan fingerprint density at radius 1 is 1.20 bits per heavy atom. The third kappa shape index (κ3) is 3.74. The van der Waals surface area contributed by atoms with Crippen LogP contribution in [-0.2, 0) is 17.8 Å². The van der Waals surface area contributed by atoms with Gasteiger partial charge >= 0.3 is 0 Å². The lowest BCUT2D eigenvalue weighted by Gasteiger charge is -2.03. The minimum absolute atomic E-state index is 0.157. The Morgan fingerprint density at radius 2 is 1.92 bits per heavy atom. The number of nitrogens with one attached hydrogen (secondary N) is 1. The molecular weight excluding hydrogens is 334 g/mol. The highest BCUT2D eigenvalue weighted by atomic mass is 35.5. The summed E-state index contributed by atoms with van der Waals surface area (Å²) in [5, 5.41) is 5.94. The second-order valence-corrected chi connectivity index (χ2v) is 6.29. The van der Waals surface area contributed by atoms with Gasteiger partial charge in [-0.3, -0.25) is 4.79 Å². The first-order chi connectivity index (χ1) is 12.1. The van der Waals surface area contributed by atoms with E-state index in [-0.39, 0.29) is 12.3 Å². The normalized spacial score (nSPS) is 11.3. The number of aromatic nitrogens is 1. The second kappa shape index (κ2) is 7.53. The summed E-state index contributed by atoms with van der Waals surface area (Å²) in [5.41, 5.74) is 6.85. The number of carbonyl (C=O) groups is 1. The van der Waals surface area contributed by atoms with Crippen LogP contribution in [0.2, 0.25) is 5.02 Å². The van der Waals surface area contributed by atoms with Crippen molar-refractivity contribution in [3.05, 3.63) is 70.4 Å². The van der Waals surface area contributed by atoms with Gasteiger partial charge in [-0.15, -0.1) is 0 Å². The van der Waals surface area contributed by atoms with Gasteiger partial charge in [-0.2, -0.15) is 5.10 Å². The van der Waals surface area contributed by atoms with Crippen LogP contribution in [0.5, 0.6) is 0 Å². The average Bonchev–Trinajstić information content (AvgIpc) is 2.88. The molecule has 0 aliphatic heterocycles. The Balaban J connectivity index is 1.74. The third-order valence-corrected chi connectivity index (χ3v) is 4.51. The van der Waals surface area contributed by atoms with Gasteiger partial charge in [0.2, 0.25) is 5.91 Å². The van der Waals surface area contributed by atoms with Gasteiger partial charge in [0.25, 0.3) is 0 Å². The van der Waals surface area contributed by atoms with Crippen molar-refractivity contribution in [2.24, 2.45) is 5.10 Å². The van der Waals surface area contributed by atoms with Crippen LogP contribution in [0.4, 0.5) is 0 Å². The van der Waals surface area contributed by atoms with E-state index in [1.165, 1.54) is 5.52 Å². The van der Waals surface area contributed by atoms with Gasteiger partial charge in [0, 0.05) is 33.7 Å². The van der Waals surface area contributed by atoms with Gasteiger partial charge < -0.3 is 4.57 Å². The highest BCUT2D eigenvalue weighted by Gasteiger charge is 2.11. The minimum atomic E-state index is -0.157. The number of aryl methyl sites for hydroxylation is 1. The molecule has 0 bridgehead atoms. The van der Waals surface area contributed by atoms with E-state index in [9.17, 15) is 4.79 Å². The summed E-state index contributed by atoms with van der Waals surface area (Å²) in [6.07, 6.45) is 1.99. The van der Waals surface area contributed by atoms with Crippen LogP contribution in [-0.4, -0.2) is 16.7 Å². The molecule has 1 aromatic heterocycles. The van der Waals surface area contributed by atoms with Crippen LogP contribution < -0.4 is 5.43 Å². The zero-order valence-corrected chi connectivity index (χ0v) is 15.0. The van der Waals surface area contributed by atoms with E-state index in [0.29, 0.717) is 5.02 Å². The molecule has 4 nitrogen and oxygen atoms in total. The minimum Gasteiger partial charge on any atom is -0.344 e. The molecule has 1 amide bonds. The smallest absolute Gasteiger partial charge is 0.244 e. The van der Waals surface area contributed by atoms with Crippen molar-refractivity contribution in [1.82, 2.24) is 9.99 Å². The van der Waals surface area contributed by atoms with Gasteiger partial charge in [0.05, 0.1) is 12.6 Å². The molecule has 0 aliphatic rings. The fraction of sp³-hybridized carbons (Fsp3) is 0.200. The summed E-state index contributed by atoms with van der Waals surface area (Å²) in [6, 6.07) is 15.4. The van der Waals surface area contributed by atoms with Crippen molar-refractivity contribution in [3.8, 4) is 0 Å². The zero-order valence-electron chi connectivity index (χ0n) is 14.3. The molecule has 128 valence electrons. The fourth-order valence-corrected chi connectivity index (χ4v) is 3.15. The summed E-state index contributed by atoms with van der Waals surface area (Å²) in [7, 11) is 0. The van der Waals surface area contributed by atoms with E-state index < -0.39 is 0 Å². The van der Waals surface area contributed by atoms with Crippen molar-refractivity contribution in [1.29, 1.82) is 0 Å². The maximum atomic E-state index is 12.0. The summed E-state index contributed by atoms with van der Waals surface area (Å²) < 4.78 is 2.24. The molecule has 0 saturated heterocycles. The van der Waals surface area contributed by atoms with E-state index in [4.69, 9.17) is 11.6 Å². The number of hydrogen-bond donors (Lipinski definition) is 1. The zero-order chi connectivity index (χ0) is 17.8. The summed E-state index contributed by atoms with van der Waals surface area (Å²) in [4.78, 5) is 12.0. The molecule has 3 rings (SSSR count). The molecule has 0 radical (unpaired) electrons. The predicted molar refractivity (Wildman–Crippen MR) is 103 cm³/mol. The van der Waals surface area contributed by atoms with Gasteiger partial charge in [0.15, 0.2) is 0 Å². The molecule has 1 heterocycles. The van der Waals surface area contributed by atoms with Crippen molar-refractivity contribution in [3.63, 3.8) is 0 Å². The van der Waals surface area contributed by atoms with Crippen LogP contribution in [0.3, 0.4) is 0 Å². The maximum Gasteiger partial charge on any atom is 0.244 e. The first-order valence-corrected chi connectivity index (χ1v) is 8.62. The summed E-state index contributed by atoms with van der Waals surface area (Å²) in [6.45, 7) is 5.08.